The van der Waals surface area contributed by atoms with E-state index in [1.165, 1.54) is 23.7 Å². The van der Waals surface area contributed by atoms with Crippen LogP contribution in [0.15, 0.2) is 24.4 Å². The van der Waals surface area contributed by atoms with Gasteiger partial charge < -0.3 is 10.1 Å². The Labute approximate surface area is 185 Å². The molecule has 170 valence electrons. The Kier molecular flexibility index (Phi) is 5.06. The van der Waals surface area contributed by atoms with E-state index < -0.39 is 16.2 Å². The molecule has 3 aliphatic rings. The summed E-state index contributed by atoms with van der Waals surface area (Å²) < 4.78 is 48.8. The molecular formula is C21H24FN5O4S. The Morgan fingerprint density at radius 3 is 2.69 bits per heavy atom. The highest BCUT2D eigenvalue weighted by Crippen LogP contribution is 2.40. The predicted octanol–water partition coefficient (Wildman–Crippen LogP) is 1.75. The van der Waals surface area contributed by atoms with Gasteiger partial charge in [0.25, 0.3) is 0 Å². The molecule has 2 aromatic rings. The first-order chi connectivity index (χ1) is 15.3. The van der Waals surface area contributed by atoms with Gasteiger partial charge in [-0.2, -0.15) is 12.7 Å². The first-order valence-electron chi connectivity index (χ1n) is 10.4. The number of pyridine rings is 1. The molecule has 1 unspecified atom stereocenters. The highest BCUT2D eigenvalue weighted by atomic mass is 32.2. The average Bonchev–Trinajstić information content (AvgIpc) is 3.24. The van der Waals surface area contributed by atoms with Gasteiger partial charge in [-0.3, -0.25) is 4.90 Å². The summed E-state index contributed by atoms with van der Waals surface area (Å²) in [6.45, 7) is 1.00. The van der Waals surface area contributed by atoms with Gasteiger partial charge in [-0.1, -0.05) is 0 Å². The van der Waals surface area contributed by atoms with E-state index in [1.807, 2.05) is 7.05 Å². The predicted molar refractivity (Wildman–Crippen MR) is 116 cm³/mol. The largest absolute Gasteiger partial charge is 0.481 e. The van der Waals surface area contributed by atoms with Crippen LogP contribution >= 0.6 is 0 Å². The van der Waals surface area contributed by atoms with E-state index in [9.17, 15) is 17.6 Å². The number of urea groups is 1. The number of methoxy groups -OCH3 is 1. The fraction of sp³-hybridized carbons (Fsp3) is 0.429. The fourth-order valence-electron chi connectivity index (χ4n) is 4.82. The van der Waals surface area contributed by atoms with Gasteiger partial charge in [0.1, 0.15) is 5.82 Å². The van der Waals surface area contributed by atoms with Crippen LogP contribution in [-0.2, 0) is 23.1 Å². The van der Waals surface area contributed by atoms with Crippen molar-refractivity contribution < 1.29 is 22.3 Å². The average molecular weight is 462 g/mol. The summed E-state index contributed by atoms with van der Waals surface area (Å²) >= 11 is 0. The topological polar surface area (TPSA) is 104 Å². The van der Waals surface area contributed by atoms with Crippen molar-refractivity contribution in [1.29, 1.82) is 0 Å². The number of nitrogens with one attached hydrogen (secondary N) is 2. The molecule has 11 heteroatoms. The molecule has 2 amide bonds. The van der Waals surface area contributed by atoms with Crippen molar-refractivity contribution in [2.24, 2.45) is 0 Å². The lowest BCUT2D eigenvalue weighted by Gasteiger charge is -2.59. The molecule has 0 spiro atoms. The summed E-state index contributed by atoms with van der Waals surface area (Å²) in [7, 11) is -0.547. The summed E-state index contributed by atoms with van der Waals surface area (Å²) in [5.41, 5.74) is 2.70. The molecular weight excluding hydrogens is 437 g/mol. The van der Waals surface area contributed by atoms with Gasteiger partial charge in [0.15, 0.2) is 0 Å². The second-order valence-corrected chi connectivity index (χ2v) is 10.0. The lowest BCUT2D eigenvalue weighted by Crippen LogP contribution is -2.79. The number of likely N-dealkylation sites (tertiary alicyclic amines) is 1. The minimum Gasteiger partial charge on any atom is -0.481 e. The van der Waals surface area contributed by atoms with E-state index in [4.69, 9.17) is 4.74 Å². The minimum atomic E-state index is -3.97. The Morgan fingerprint density at radius 2 is 2.00 bits per heavy atom. The fourth-order valence-corrected chi connectivity index (χ4v) is 6.13. The molecule has 2 fully saturated rings. The van der Waals surface area contributed by atoms with E-state index >= 15 is 0 Å². The van der Waals surface area contributed by atoms with Crippen LogP contribution in [0.3, 0.4) is 0 Å². The minimum absolute atomic E-state index is 0.0970. The maximum Gasteiger partial charge on any atom is 0.333 e. The number of carbonyl (C=O) groups is 1. The highest BCUT2D eigenvalue weighted by Gasteiger charge is 2.54. The lowest BCUT2D eigenvalue weighted by atomic mass is 9.90. The van der Waals surface area contributed by atoms with Crippen LogP contribution in [0.1, 0.15) is 17.5 Å². The third-order valence-electron chi connectivity index (χ3n) is 6.59. The van der Waals surface area contributed by atoms with Crippen LogP contribution < -0.4 is 14.8 Å². The molecule has 2 atom stereocenters. The molecule has 2 aliphatic heterocycles. The second kappa shape index (κ2) is 7.68. The molecule has 5 rings (SSSR count). The third kappa shape index (κ3) is 3.40. The van der Waals surface area contributed by atoms with Crippen molar-refractivity contribution in [3.8, 4) is 17.0 Å². The molecule has 1 aliphatic carbocycles. The van der Waals surface area contributed by atoms with E-state index in [-0.39, 0.29) is 17.9 Å². The van der Waals surface area contributed by atoms with Crippen molar-refractivity contribution in [3.63, 3.8) is 0 Å². The first kappa shape index (κ1) is 21.1. The standard InChI is InChI=1S/C21H24FN5O4S/c1-26-10-18-17(26)11-27(18)32(29,30)25-21(28)24-20-14-5-3-4-13(14)16(22)9-15(20)12-6-7-23-19(8-12)31-2/h6-9,17-18H,3-5,10-11H2,1-2H3,(H2,24,25,28)/t17-,18?/m0/s1. The molecule has 2 saturated heterocycles. The normalized spacial score (nSPS) is 22.3. The molecule has 0 bridgehead atoms. The molecule has 0 radical (unpaired) electrons. The summed E-state index contributed by atoms with van der Waals surface area (Å²) in [4.78, 5) is 18.9. The monoisotopic (exact) mass is 461 g/mol. The van der Waals surface area contributed by atoms with Gasteiger partial charge in [0.2, 0.25) is 5.88 Å². The van der Waals surface area contributed by atoms with Crippen LogP contribution in [0.4, 0.5) is 14.9 Å². The molecule has 1 aromatic heterocycles. The zero-order chi connectivity index (χ0) is 22.6. The number of likely N-dealkylation sites (N-methyl/N-ethyl adjacent to an activating group) is 1. The number of hydrogen-bond acceptors (Lipinski definition) is 6. The summed E-state index contributed by atoms with van der Waals surface area (Å²) in [5, 5.41) is 2.69. The van der Waals surface area contributed by atoms with Crippen molar-refractivity contribution in [3.05, 3.63) is 41.3 Å². The summed E-state index contributed by atoms with van der Waals surface area (Å²) in [6, 6.07) is 3.94. The van der Waals surface area contributed by atoms with Crippen LogP contribution in [-0.4, -0.2) is 68.0 Å². The highest BCUT2D eigenvalue weighted by molar-refractivity contribution is 7.87. The van der Waals surface area contributed by atoms with Crippen LogP contribution in [0, 0.1) is 5.82 Å². The zero-order valence-corrected chi connectivity index (χ0v) is 18.6. The molecule has 32 heavy (non-hydrogen) atoms. The maximum absolute atomic E-state index is 14.8. The van der Waals surface area contributed by atoms with Crippen molar-refractivity contribution >= 4 is 21.9 Å². The Morgan fingerprint density at radius 1 is 1.22 bits per heavy atom. The van der Waals surface area contributed by atoms with E-state index in [2.05, 4.69) is 19.9 Å². The molecule has 2 N–H and O–H groups in total. The number of fused-ring (bicyclic) bond motifs is 2. The number of benzene rings is 1. The van der Waals surface area contributed by atoms with Gasteiger partial charge in [0.05, 0.1) is 18.8 Å². The number of aromatic nitrogens is 1. The quantitative estimate of drug-likeness (QED) is 0.703. The smallest absolute Gasteiger partial charge is 0.333 e. The number of carbonyl (C=O) groups excluding carboxylic acids is 1. The third-order valence-corrected chi connectivity index (χ3v) is 8.08. The zero-order valence-electron chi connectivity index (χ0n) is 17.8. The number of ether oxygens (including phenoxy) is 1. The van der Waals surface area contributed by atoms with Crippen LogP contribution in [0.2, 0.25) is 0 Å². The Hall–Kier alpha value is -2.76. The van der Waals surface area contributed by atoms with E-state index in [0.717, 1.165) is 6.42 Å². The van der Waals surface area contributed by atoms with Gasteiger partial charge in [-0.15, -0.1) is 0 Å². The first-order valence-corrected chi connectivity index (χ1v) is 11.9. The number of anilines is 1. The number of hydrogen-bond donors (Lipinski definition) is 2. The number of rotatable bonds is 5. The summed E-state index contributed by atoms with van der Waals surface area (Å²) in [5.74, 6) is 0.00164. The van der Waals surface area contributed by atoms with Crippen LogP contribution in [0.25, 0.3) is 11.1 Å². The Bertz CT molecular complexity index is 1200. The van der Waals surface area contributed by atoms with Crippen molar-refractivity contribution in [1.82, 2.24) is 18.9 Å². The van der Waals surface area contributed by atoms with Gasteiger partial charge >= 0.3 is 16.2 Å². The number of amides is 2. The number of nitrogens with zero attached hydrogens (tertiary/aromatic N) is 3. The lowest BCUT2D eigenvalue weighted by molar-refractivity contribution is -0.0620. The van der Waals surface area contributed by atoms with Crippen molar-refractivity contribution in [2.75, 3.05) is 32.6 Å². The van der Waals surface area contributed by atoms with Crippen LogP contribution in [0.5, 0.6) is 5.88 Å². The van der Waals surface area contributed by atoms with Gasteiger partial charge in [-0.25, -0.2) is 18.9 Å². The maximum atomic E-state index is 14.8. The van der Waals surface area contributed by atoms with Gasteiger partial charge in [0, 0.05) is 37.0 Å². The molecule has 0 saturated carbocycles. The van der Waals surface area contributed by atoms with Gasteiger partial charge in [-0.05, 0) is 55.1 Å². The Balaban J connectivity index is 1.44. The number of piperazine rings is 1. The SMILES string of the molecule is COc1cc(-c2cc(F)c3c(c2NC(=O)NS(=O)(=O)N2C[C@H]4C2CN4C)CCC3)ccn1. The number of halogens is 1. The summed E-state index contributed by atoms with van der Waals surface area (Å²) in [6.07, 6.45) is 3.45. The van der Waals surface area contributed by atoms with E-state index in [0.29, 0.717) is 59.8 Å². The van der Waals surface area contributed by atoms with E-state index in [1.54, 1.807) is 12.1 Å². The molecule has 1 aromatic carbocycles. The van der Waals surface area contributed by atoms with Crippen molar-refractivity contribution in [2.45, 2.75) is 31.3 Å². The second-order valence-electron chi connectivity index (χ2n) is 8.38. The molecule has 3 heterocycles. The molecule has 9 nitrogen and oxygen atoms in total.